The molecule has 1 rings (SSSR count). The Morgan fingerprint density at radius 2 is 1.81 bits per heavy atom. The van der Waals surface area contributed by atoms with Crippen LogP contribution in [0.2, 0.25) is 0 Å². The number of aliphatic carboxylic acids is 1. The fraction of sp³-hybridized carbons (Fsp3) is 0.556. The molecular weight excluding hydrogens is 410 g/mol. The van der Waals surface area contributed by atoms with Gasteiger partial charge in [0.15, 0.2) is 0 Å². The minimum atomic E-state index is -1.37. The van der Waals surface area contributed by atoms with E-state index in [1.54, 1.807) is 13.8 Å². The summed E-state index contributed by atoms with van der Waals surface area (Å²) in [5, 5.41) is 16.4. The van der Waals surface area contributed by atoms with E-state index in [-0.39, 0.29) is 25.2 Å². The van der Waals surface area contributed by atoms with Gasteiger partial charge in [-0.15, -0.1) is 0 Å². The monoisotopic (exact) mass is 439 g/mol. The van der Waals surface area contributed by atoms with Crippen LogP contribution in [-0.4, -0.2) is 69.3 Å². The van der Waals surface area contributed by atoms with Crippen molar-refractivity contribution in [2.75, 3.05) is 6.54 Å². The molecule has 4 amide bonds. The normalized spacial score (nSPS) is 13.7. The number of primary amides is 1. The van der Waals surface area contributed by atoms with E-state index >= 15 is 0 Å². The zero-order valence-electron chi connectivity index (χ0n) is 17.4. The van der Waals surface area contributed by atoms with Crippen molar-refractivity contribution in [1.29, 1.82) is 0 Å². The third-order valence-electron chi connectivity index (χ3n) is 4.37. The van der Waals surface area contributed by atoms with E-state index in [0.717, 1.165) is 0 Å². The third-order valence-corrected chi connectivity index (χ3v) is 4.37. The highest BCUT2D eigenvalue weighted by molar-refractivity contribution is 5.92. The largest absolute Gasteiger partial charge is 0.480 e. The predicted molar refractivity (Wildman–Crippen MR) is 108 cm³/mol. The number of carboxylic acids is 1. The molecule has 31 heavy (non-hydrogen) atoms. The van der Waals surface area contributed by atoms with E-state index in [1.807, 2.05) is 0 Å². The summed E-state index contributed by atoms with van der Waals surface area (Å²) >= 11 is 0. The molecule has 9 N–H and O–H groups in total. The molecule has 13 heteroatoms. The summed E-state index contributed by atoms with van der Waals surface area (Å²) in [5.41, 5.74) is 11.3. The summed E-state index contributed by atoms with van der Waals surface area (Å²) in [7, 11) is 0. The van der Waals surface area contributed by atoms with E-state index in [2.05, 4.69) is 25.9 Å². The molecular formula is C18H29N7O6. The van der Waals surface area contributed by atoms with Crippen LogP contribution in [-0.2, 0) is 30.4 Å². The Hall–Kier alpha value is -3.48. The van der Waals surface area contributed by atoms with Crippen molar-refractivity contribution >= 4 is 29.6 Å². The molecule has 3 unspecified atom stereocenters. The van der Waals surface area contributed by atoms with E-state index < -0.39 is 54.3 Å². The Morgan fingerprint density at radius 1 is 1.13 bits per heavy atom. The molecule has 0 fully saturated rings. The van der Waals surface area contributed by atoms with E-state index in [4.69, 9.17) is 11.5 Å². The Kier molecular flexibility index (Phi) is 10.1. The van der Waals surface area contributed by atoms with E-state index in [0.29, 0.717) is 5.69 Å². The molecule has 0 aromatic carbocycles. The fourth-order valence-electron chi connectivity index (χ4n) is 2.48. The van der Waals surface area contributed by atoms with Crippen molar-refractivity contribution in [2.45, 2.75) is 51.2 Å². The first-order chi connectivity index (χ1) is 14.5. The number of aromatic nitrogens is 2. The first-order valence-electron chi connectivity index (χ1n) is 9.62. The molecule has 13 nitrogen and oxygen atoms in total. The van der Waals surface area contributed by atoms with Crippen LogP contribution in [0, 0.1) is 5.92 Å². The minimum absolute atomic E-state index is 0.0147. The molecule has 0 radical (unpaired) electrons. The van der Waals surface area contributed by atoms with Gasteiger partial charge in [-0.3, -0.25) is 19.2 Å². The first kappa shape index (κ1) is 25.6. The van der Waals surface area contributed by atoms with Gasteiger partial charge in [0.05, 0.1) is 18.9 Å². The third kappa shape index (κ3) is 9.25. The molecule has 0 bridgehead atoms. The van der Waals surface area contributed by atoms with Crippen LogP contribution in [0.4, 0.5) is 0 Å². The second-order valence-electron chi connectivity index (χ2n) is 7.29. The van der Waals surface area contributed by atoms with Gasteiger partial charge in [-0.1, -0.05) is 13.8 Å². The minimum Gasteiger partial charge on any atom is -0.480 e. The van der Waals surface area contributed by atoms with E-state index in [9.17, 15) is 29.1 Å². The van der Waals surface area contributed by atoms with Gasteiger partial charge in [-0.2, -0.15) is 0 Å². The number of H-pyrrole nitrogens is 1. The molecule has 0 saturated carbocycles. The Bertz CT molecular complexity index is 780. The quantitative estimate of drug-likeness (QED) is 0.172. The smallest absolute Gasteiger partial charge is 0.326 e. The van der Waals surface area contributed by atoms with Crippen LogP contribution in [0.3, 0.4) is 0 Å². The maximum Gasteiger partial charge on any atom is 0.326 e. The number of hydrogen-bond donors (Lipinski definition) is 7. The van der Waals surface area contributed by atoms with Gasteiger partial charge in [-0.05, 0) is 12.3 Å². The molecule has 0 aliphatic carbocycles. The lowest BCUT2D eigenvalue weighted by atomic mass is 10.1. The van der Waals surface area contributed by atoms with Crippen LogP contribution in [0.5, 0.6) is 0 Å². The molecule has 0 aliphatic rings. The molecule has 3 atom stereocenters. The highest BCUT2D eigenvalue weighted by atomic mass is 16.4. The second kappa shape index (κ2) is 12.3. The second-order valence-corrected chi connectivity index (χ2v) is 7.29. The summed E-state index contributed by atoms with van der Waals surface area (Å²) in [4.78, 5) is 65.7. The van der Waals surface area contributed by atoms with Gasteiger partial charge < -0.3 is 37.5 Å². The molecule has 172 valence electrons. The average Bonchev–Trinajstić information content (AvgIpc) is 3.20. The number of hydrogen-bond acceptors (Lipinski definition) is 7. The SMILES string of the molecule is CC(C)C(N)C(=O)NCC(=O)NC(Cc1cnc[nH]1)C(=O)NC(CCC(N)=O)C(=O)O. The summed E-state index contributed by atoms with van der Waals surface area (Å²) < 4.78 is 0. The summed E-state index contributed by atoms with van der Waals surface area (Å²) in [6, 6.07) is -3.33. The Morgan fingerprint density at radius 3 is 2.32 bits per heavy atom. The van der Waals surface area contributed by atoms with Crippen molar-refractivity contribution < 1.29 is 29.1 Å². The standard InChI is InChI=1S/C18H29N7O6/c1-9(2)15(20)17(29)22-7-14(27)24-12(5-10-6-21-8-23-10)16(28)25-11(18(30)31)3-4-13(19)26/h6,8-9,11-12,15H,3-5,7,20H2,1-2H3,(H2,19,26)(H,21,23)(H,22,29)(H,24,27)(H,25,28)(H,30,31). The van der Waals surface area contributed by atoms with Crippen molar-refractivity contribution in [3.63, 3.8) is 0 Å². The highest BCUT2D eigenvalue weighted by Gasteiger charge is 2.27. The van der Waals surface area contributed by atoms with Crippen LogP contribution in [0.15, 0.2) is 12.5 Å². The van der Waals surface area contributed by atoms with Gasteiger partial charge in [0.25, 0.3) is 0 Å². The van der Waals surface area contributed by atoms with Gasteiger partial charge in [0.1, 0.15) is 12.1 Å². The zero-order chi connectivity index (χ0) is 23.6. The number of aromatic amines is 1. The Labute approximate surface area is 178 Å². The van der Waals surface area contributed by atoms with Crippen molar-refractivity contribution in [3.8, 4) is 0 Å². The summed E-state index contributed by atoms with van der Waals surface area (Å²) in [6.07, 6.45) is 2.37. The molecule has 1 aromatic rings. The van der Waals surface area contributed by atoms with Gasteiger partial charge in [0.2, 0.25) is 23.6 Å². The predicted octanol–water partition coefficient (Wildman–Crippen LogP) is -2.63. The number of carbonyl (C=O) groups is 5. The lowest BCUT2D eigenvalue weighted by Gasteiger charge is -2.21. The van der Waals surface area contributed by atoms with Crippen LogP contribution in [0.1, 0.15) is 32.4 Å². The average molecular weight is 439 g/mol. The molecule has 0 spiro atoms. The van der Waals surface area contributed by atoms with Gasteiger partial charge >= 0.3 is 5.97 Å². The van der Waals surface area contributed by atoms with Crippen LogP contribution >= 0.6 is 0 Å². The van der Waals surface area contributed by atoms with Crippen LogP contribution < -0.4 is 27.4 Å². The number of nitrogens with one attached hydrogen (secondary N) is 4. The first-order valence-corrected chi connectivity index (χ1v) is 9.62. The van der Waals surface area contributed by atoms with Crippen molar-refractivity contribution in [3.05, 3.63) is 18.2 Å². The number of nitrogens with two attached hydrogens (primary N) is 2. The lowest BCUT2D eigenvalue weighted by Crippen LogP contribution is -2.54. The fourth-order valence-corrected chi connectivity index (χ4v) is 2.48. The number of imidazole rings is 1. The number of nitrogens with zero attached hydrogens (tertiary/aromatic N) is 1. The van der Waals surface area contributed by atoms with Gasteiger partial charge in [-0.25, -0.2) is 9.78 Å². The maximum atomic E-state index is 12.7. The molecule has 1 heterocycles. The van der Waals surface area contributed by atoms with Crippen molar-refractivity contribution in [1.82, 2.24) is 25.9 Å². The van der Waals surface area contributed by atoms with E-state index in [1.165, 1.54) is 12.5 Å². The maximum absolute atomic E-state index is 12.7. The zero-order valence-corrected chi connectivity index (χ0v) is 17.4. The number of amides is 4. The number of carboxylic acid groups (broad SMARTS) is 1. The Balaban J connectivity index is 2.80. The number of carbonyl (C=O) groups excluding carboxylic acids is 4. The molecule has 0 aliphatic heterocycles. The summed E-state index contributed by atoms with van der Waals surface area (Å²) in [6.45, 7) is 3.09. The summed E-state index contributed by atoms with van der Waals surface area (Å²) in [5.74, 6) is -4.17. The van der Waals surface area contributed by atoms with Crippen LogP contribution in [0.25, 0.3) is 0 Å². The lowest BCUT2D eigenvalue weighted by molar-refractivity contribution is -0.142. The van der Waals surface area contributed by atoms with Gasteiger partial charge in [0, 0.05) is 24.7 Å². The number of rotatable bonds is 13. The molecule has 0 saturated heterocycles. The van der Waals surface area contributed by atoms with Crippen molar-refractivity contribution in [2.24, 2.45) is 17.4 Å². The molecule has 1 aromatic heterocycles. The highest BCUT2D eigenvalue weighted by Crippen LogP contribution is 2.03. The topological polar surface area (TPSA) is 222 Å².